The summed E-state index contributed by atoms with van der Waals surface area (Å²) in [5, 5.41) is 3.03. The first-order chi connectivity index (χ1) is 9.51. The van der Waals surface area contributed by atoms with Crippen molar-refractivity contribution in [2.24, 2.45) is 5.92 Å². The highest BCUT2D eigenvalue weighted by atomic mass is 16.5. The fourth-order valence-corrected chi connectivity index (χ4v) is 2.07. The van der Waals surface area contributed by atoms with E-state index in [2.05, 4.69) is 10.2 Å². The Morgan fingerprint density at radius 1 is 1.35 bits per heavy atom. The van der Waals surface area contributed by atoms with Crippen molar-refractivity contribution in [2.45, 2.75) is 26.3 Å². The van der Waals surface area contributed by atoms with Crippen LogP contribution in [0.5, 0.6) is 5.75 Å². The Bertz CT molecular complexity index is 432. The summed E-state index contributed by atoms with van der Waals surface area (Å²) in [4.78, 5) is 14.0. The second-order valence-electron chi connectivity index (χ2n) is 5.28. The highest BCUT2D eigenvalue weighted by Crippen LogP contribution is 2.27. The smallest absolute Gasteiger partial charge is 0.222 e. The van der Waals surface area contributed by atoms with Gasteiger partial charge >= 0.3 is 0 Å². The van der Waals surface area contributed by atoms with Crippen molar-refractivity contribution in [3.8, 4) is 5.75 Å². The number of carbonyl (C=O) groups excluding carboxylic acids is 1. The lowest BCUT2D eigenvalue weighted by Crippen LogP contribution is -2.37. The standard InChI is InChI=1S/C16H26N2O2/c1-6-12(2)16(19)17-11-14(18(3)4)13-9-7-8-10-15(13)20-5/h7-10,12,14H,6,11H2,1-5H3,(H,17,19). The summed E-state index contributed by atoms with van der Waals surface area (Å²) < 4.78 is 5.41. The van der Waals surface area contributed by atoms with Crippen molar-refractivity contribution in [1.29, 1.82) is 0 Å². The van der Waals surface area contributed by atoms with Crippen LogP contribution in [-0.2, 0) is 4.79 Å². The van der Waals surface area contributed by atoms with Crippen LogP contribution in [0.25, 0.3) is 0 Å². The molecule has 1 N–H and O–H groups in total. The molecule has 0 saturated carbocycles. The minimum Gasteiger partial charge on any atom is -0.496 e. The highest BCUT2D eigenvalue weighted by molar-refractivity contribution is 5.78. The zero-order chi connectivity index (χ0) is 15.1. The molecule has 0 bridgehead atoms. The second-order valence-corrected chi connectivity index (χ2v) is 5.28. The summed E-state index contributed by atoms with van der Waals surface area (Å²) in [5.74, 6) is 1.01. The molecule has 1 rings (SSSR count). The van der Waals surface area contributed by atoms with E-state index in [1.54, 1.807) is 7.11 Å². The Hall–Kier alpha value is -1.55. The van der Waals surface area contributed by atoms with E-state index in [0.717, 1.165) is 17.7 Å². The van der Waals surface area contributed by atoms with Crippen LogP contribution in [0.1, 0.15) is 31.9 Å². The monoisotopic (exact) mass is 278 g/mol. The maximum atomic E-state index is 11.9. The molecule has 0 aromatic heterocycles. The molecule has 0 aliphatic carbocycles. The Morgan fingerprint density at radius 2 is 2.00 bits per heavy atom. The van der Waals surface area contributed by atoms with Crippen LogP contribution in [-0.4, -0.2) is 38.6 Å². The predicted octanol–water partition coefficient (Wildman–Crippen LogP) is 2.46. The molecule has 2 unspecified atom stereocenters. The molecule has 112 valence electrons. The van der Waals surface area contributed by atoms with E-state index in [1.165, 1.54) is 0 Å². The summed E-state index contributed by atoms with van der Waals surface area (Å²) in [7, 11) is 5.68. The van der Waals surface area contributed by atoms with Gasteiger partial charge in [0.2, 0.25) is 5.91 Å². The molecule has 2 atom stereocenters. The predicted molar refractivity (Wildman–Crippen MR) is 81.9 cm³/mol. The van der Waals surface area contributed by atoms with E-state index in [9.17, 15) is 4.79 Å². The van der Waals surface area contributed by atoms with Crippen molar-refractivity contribution in [3.05, 3.63) is 29.8 Å². The molecule has 4 nitrogen and oxygen atoms in total. The number of nitrogens with zero attached hydrogens (tertiary/aromatic N) is 1. The second kappa shape index (κ2) is 7.90. The van der Waals surface area contributed by atoms with Gasteiger partial charge in [-0.25, -0.2) is 0 Å². The Balaban J connectivity index is 2.82. The van der Waals surface area contributed by atoms with Gasteiger partial charge in [-0.3, -0.25) is 4.79 Å². The third kappa shape index (κ3) is 4.23. The fraction of sp³-hybridized carbons (Fsp3) is 0.562. The number of para-hydroxylation sites is 1. The van der Waals surface area contributed by atoms with Gasteiger partial charge in [0.1, 0.15) is 5.75 Å². The largest absolute Gasteiger partial charge is 0.496 e. The van der Waals surface area contributed by atoms with Gasteiger partial charge in [0.25, 0.3) is 0 Å². The van der Waals surface area contributed by atoms with E-state index < -0.39 is 0 Å². The van der Waals surface area contributed by atoms with E-state index in [4.69, 9.17) is 4.74 Å². The van der Waals surface area contributed by atoms with Gasteiger partial charge < -0.3 is 15.0 Å². The van der Waals surface area contributed by atoms with Gasteiger partial charge in [-0.1, -0.05) is 32.0 Å². The molecule has 0 aliphatic heterocycles. The normalized spacial score (nSPS) is 13.9. The summed E-state index contributed by atoms with van der Waals surface area (Å²) in [6.07, 6.45) is 0.854. The number of likely N-dealkylation sites (N-methyl/N-ethyl adjacent to an activating group) is 1. The van der Waals surface area contributed by atoms with E-state index >= 15 is 0 Å². The Kier molecular flexibility index (Phi) is 6.52. The number of hydrogen-bond donors (Lipinski definition) is 1. The molecule has 0 spiro atoms. The van der Waals surface area contributed by atoms with Gasteiger partial charge in [0.15, 0.2) is 0 Å². The lowest BCUT2D eigenvalue weighted by atomic mass is 10.0. The van der Waals surface area contributed by atoms with Gasteiger partial charge in [-0.05, 0) is 26.6 Å². The fourth-order valence-electron chi connectivity index (χ4n) is 2.07. The Labute approximate surface area is 122 Å². The van der Waals surface area contributed by atoms with Gasteiger partial charge in [-0.2, -0.15) is 0 Å². The van der Waals surface area contributed by atoms with E-state index in [-0.39, 0.29) is 17.9 Å². The van der Waals surface area contributed by atoms with Crippen molar-refractivity contribution in [3.63, 3.8) is 0 Å². The number of amides is 1. The van der Waals surface area contributed by atoms with Crippen LogP contribution in [0.3, 0.4) is 0 Å². The molecule has 0 saturated heterocycles. The number of ether oxygens (including phenoxy) is 1. The Morgan fingerprint density at radius 3 is 2.55 bits per heavy atom. The molecule has 4 heteroatoms. The summed E-state index contributed by atoms with van der Waals surface area (Å²) in [6.45, 7) is 4.55. The third-order valence-electron chi connectivity index (χ3n) is 3.65. The SMILES string of the molecule is CCC(C)C(=O)NCC(c1ccccc1OC)N(C)C. The van der Waals surface area contributed by atoms with Gasteiger partial charge in [-0.15, -0.1) is 0 Å². The summed E-state index contributed by atoms with van der Waals surface area (Å²) >= 11 is 0. The number of rotatable bonds is 7. The highest BCUT2D eigenvalue weighted by Gasteiger charge is 2.20. The molecule has 1 amide bonds. The zero-order valence-electron chi connectivity index (χ0n) is 13.1. The third-order valence-corrected chi connectivity index (χ3v) is 3.65. The minimum atomic E-state index is 0.0514. The number of nitrogens with one attached hydrogen (secondary N) is 1. The first-order valence-electron chi connectivity index (χ1n) is 7.08. The van der Waals surface area contributed by atoms with Gasteiger partial charge in [0, 0.05) is 18.0 Å². The number of hydrogen-bond acceptors (Lipinski definition) is 3. The lowest BCUT2D eigenvalue weighted by Gasteiger charge is -2.27. The van der Waals surface area contributed by atoms with Crippen LogP contribution < -0.4 is 10.1 Å². The molecule has 0 heterocycles. The molecular weight excluding hydrogens is 252 g/mol. The first-order valence-corrected chi connectivity index (χ1v) is 7.08. The van der Waals surface area contributed by atoms with Crippen molar-refractivity contribution < 1.29 is 9.53 Å². The van der Waals surface area contributed by atoms with Crippen molar-refractivity contribution in [2.75, 3.05) is 27.7 Å². The number of benzene rings is 1. The topological polar surface area (TPSA) is 41.6 Å². The number of carbonyl (C=O) groups is 1. The quantitative estimate of drug-likeness (QED) is 0.833. The first kappa shape index (κ1) is 16.5. The van der Waals surface area contributed by atoms with Crippen LogP contribution in [0.15, 0.2) is 24.3 Å². The molecule has 1 aromatic carbocycles. The van der Waals surface area contributed by atoms with Crippen LogP contribution in [0, 0.1) is 5.92 Å². The lowest BCUT2D eigenvalue weighted by molar-refractivity contribution is -0.124. The van der Waals surface area contributed by atoms with E-state index in [0.29, 0.717) is 6.54 Å². The van der Waals surface area contributed by atoms with Crippen LogP contribution >= 0.6 is 0 Å². The summed E-state index contributed by atoms with van der Waals surface area (Å²) in [6, 6.07) is 8.03. The average molecular weight is 278 g/mol. The van der Waals surface area contributed by atoms with Gasteiger partial charge in [0.05, 0.1) is 13.2 Å². The molecule has 0 fully saturated rings. The molecule has 20 heavy (non-hydrogen) atoms. The molecule has 0 aliphatic rings. The van der Waals surface area contributed by atoms with Crippen LogP contribution in [0.4, 0.5) is 0 Å². The number of methoxy groups -OCH3 is 1. The van der Waals surface area contributed by atoms with Crippen LogP contribution in [0.2, 0.25) is 0 Å². The van der Waals surface area contributed by atoms with Crippen molar-refractivity contribution >= 4 is 5.91 Å². The summed E-state index contributed by atoms with van der Waals surface area (Å²) in [5.41, 5.74) is 1.09. The molecular formula is C16H26N2O2. The average Bonchev–Trinajstić information content (AvgIpc) is 2.46. The maximum Gasteiger partial charge on any atom is 0.222 e. The minimum absolute atomic E-state index is 0.0514. The van der Waals surface area contributed by atoms with Crippen molar-refractivity contribution in [1.82, 2.24) is 10.2 Å². The zero-order valence-corrected chi connectivity index (χ0v) is 13.1. The van der Waals surface area contributed by atoms with E-state index in [1.807, 2.05) is 52.2 Å². The molecule has 1 aromatic rings. The maximum absolute atomic E-state index is 11.9. The molecule has 0 radical (unpaired) electrons.